The highest BCUT2D eigenvalue weighted by molar-refractivity contribution is 6.31. The van der Waals surface area contributed by atoms with E-state index in [-0.39, 0.29) is 1.43 Å². The number of rotatable bonds is 2. The molecule has 0 aliphatic carbocycles. The summed E-state index contributed by atoms with van der Waals surface area (Å²) in [5.41, 5.74) is 0. The molecule has 0 rings (SSSR count). The molecular weight excluding hydrogens is 154 g/mol. The molecule has 0 aliphatic heterocycles. The molecule has 1 amide bonds. The molecule has 0 fully saturated rings. The normalized spacial score (nSPS) is 11.7. The van der Waals surface area contributed by atoms with E-state index in [0.29, 0.717) is 0 Å². The summed E-state index contributed by atoms with van der Waals surface area (Å²) in [5.74, 6) is -4.29. The number of carbonyl (C=O) groups is 3. The zero-order valence-electron chi connectivity index (χ0n) is 5.70. The average Bonchev–Trinajstić information content (AvgIpc) is 1.87. The molecule has 3 N–H and O–H groups in total. The van der Waals surface area contributed by atoms with Gasteiger partial charge in [0.15, 0.2) is 0 Å². The van der Waals surface area contributed by atoms with Gasteiger partial charge in [0, 0.05) is 1.43 Å². The number of carbonyl (C=O) groups excluding carboxylic acids is 1. The van der Waals surface area contributed by atoms with Crippen molar-refractivity contribution in [2.24, 2.45) is 0 Å². The first-order valence-corrected chi connectivity index (χ1v) is 2.71. The number of aliphatic carboxylic acids is 2. The number of carboxylic acids is 2. The highest BCUT2D eigenvalue weighted by Gasteiger charge is 2.18. The van der Waals surface area contributed by atoms with E-state index >= 15 is 0 Å². The largest absolute Gasteiger partial charge is 0.480 e. The predicted molar refractivity (Wildman–Crippen MR) is 35.0 cm³/mol. The molecule has 0 aromatic heterocycles. The maximum Gasteiger partial charge on any atom is 0.394 e. The molecule has 0 aromatic carbocycles. The van der Waals surface area contributed by atoms with Crippen LogP contribution < -0.4 is 5.32 Å². The van der Waals surface area contributed by atoms with Crippen LogP contribution in [0.5, 0.6) is 0 Å². The van der Waals surface area contributed by atoms with E-state index in [4.69, 9.17) is 10.2 Å². The summed E-state index contributed by atoms with van der Waals surface area (Å²) >= 11 is 0. The van der Waals surface area contributed by atoms with Crippen LogP contribution in [0, 0.1) is 0 Å². The quantitative estimate of drug-likeness (QED) is 0.448. The summed E-state index contributed by atoms with van der Waals surface area (Å²) in [5, 5.41) is 18.0. The van der Waals surface area contributed by atoms with E-state index in [1.54, 1.807) is 5.32 Å². The summed E-state index contributed by atoms with van der Waals surface area (Å²) in [6, 6.07) is -1.18. The topological polar surface area (TPSA) is 104 Å². The Labute approximate surface area is 63.3 Å². The maximum atomic E-state index is 10.3. The van der Waals surface area contributed by atoms with Gasteiger partial charge in [0.05, 0.1) is 0 Å². The van der Waals surface area contributed by atoms with Crippen molar-refractivity contribution in [2.75, 3.05) is 0 Å². The van der Waals surface area contributed by atoms with Crippen LogP contribution >= 0.6 is 0 Å². The zero-order valence-corrected chi connectivity index (χ0v) is 5.70. The van der Waals surface area contributed by atoms with Crippen molar-refractivity contribution in [3.63, 3.8) is 0 Å². The molecule has 0 bridgehead atoms. The van der Waals surface area contributed by atoms with Crippen molar-refractivity contribution in [2.45, 2.75) is 13.0 Å². The van der Waals surface area contributed by atoms with Crippen molar-refractivity contribution in [3.8, 4) is 0 Å². The molecule has 0 unspecified atom stereocenters. The summed E-state index contributed by atoms with van der Waals surface area (Å²) in [4.78, 5) is 30.2. The fourth-order valence-corrected chi connectivity index (χ4v) is 0.320. The van der Waals surface area contributed by atoms with Gasteiger partial charge in [0.1, 0.15) is 6.04 Å². The van der Waals surface area contributed by atoms with Gasteiger partial charge in [-0.3, -0.25) is 9.59 Å². The van der Waals surface area contributed by atoms with Crippen molar-refractivity contribution in [1.29, 1.82) is 0 Å². The van der Waals surface area contributed by atoms with Gasteiger partial charge in [-0.15, -0.1) is 0 Å². The van der Waals surface area contributed by atoms with Crippen LogP contribution in [0.25, 0.3) is 0 Å². The first-order chi connectivity index (χ1) is 4.95. The first-order valence-electron chi connectivity index (χ1n) is 2.71. The Kier molecular flexibility index (Phi) is 3.03. The van der Waals surface area contributed by atoms with Gasteiger partial charge in [-0.1, -0.05) is 0 Å². The number of hydrogen-bond acceptors (Lipinski definition) is 3. The smallest absolute Gasteiger partial charge is 0.394 e. The van der Waals surface area contributed by atoms with E-state index in [1.165, 1.54) is 6.92 Å². The minimum atomic E-state index is -1.70. The van der Waals surface area contributed by atoms with Crippen LogP contribution in [0.4, 0.5) is 0 Å². The van der Waals surface area contributed by atoms with E-state index in [9.17, 15) is 14.4 Å². The molecule has 0 spiro atoms. The van der Waals surface area contributed by atoms with Crippen LogP contribution in [0.2, 0.25) is 0 Å². The van der Waals surface area contributed by atoms with Gasteiger partial charge in [-0.05, 0) is 6.92 Å². The van der Waals surface area contributed by atoms with Crippen molar-refractivity contribution in [3.05, 3.63) is 0 Å². The monoisotopic (exact) mass is 163 g/mol. The molecule has 0 radical (unpaired) electrons. The molecule has 0 heterocycles. The van der Waals surface area contributed by atoms with E-state index in [1.807, 2.05) is 0 Å². The van der Waals surface area contributed by atoms with Gasteiger partial charge in [0.25, 0.3) is 0 Å². The Morgan fingerprint density at radius 1 is 1.36 bits per heavy atom. The van der Waals surface area contributed by atoms with Crippen LogP contribution in [-0.4, -0.2) is 34.1 Å². The van der Waals surface area contributed by atoms with Gasteiger partial charge in [-0.25, -0.2) is 4.79 Å². The Hall–Kier alpha value is -1.59. The Balaban J connectivity index is 0. The highest BCUT2D eigenvalue weighted by atomic mass is 16.4. The molecule has 0 saturated carbocycles. The van der Waals surface area contributed by atoms with Gasteiger partial charge in [0.2, 0.25) is 0 Å². The standard InChI is InChI=1S/C5H7NO5.H2/c1-2(4(8)9)6-3(7)5(10)11;/h2H,1H3,(H,6,7)(H,8,9)(H,10,11);1H/t2-;/m0./s1. The lowest BCUT2D eigenvalue weighted by molar-refractivity contribution is -0.151. The minimum Gasteiger partial charge on any atom is -0.480 e. The second-order valence-electron chi connectivity index (χ2n) is 1.84. The second-order valence-corrected chi connectivity index (χ2v) is 1.84. The van der Waals surface area contributed by atoms with E-state index in [0.717, 1.165) is 0 Å². The fourth-order valence-electron chi connectivity index (χ4n) is 0.320. The lowest BCUT2D eigenvalue weighted by Crippen LogP contribution is -2.41. The zero-order chi connectivity index (χ0) is 9.02. The minimum absolute atomic E-state index is 0. The number of carboxylic acid groups (broad SMARTS) is 2. The summed E-state index contributed by atoms with van der Waals surface area (Å²) in [7, 11) is 0. The third-order valence-corrected chi connectivity index (χ3v) is 0.912. The van der Waals surface area contributed by atoms with Crippen LogP contribution in [0.15, 0.2) is 0 Å². The lowest BCUT2D eigenvalue weighted by Gasteiger charge is -2.04. The van der Waals surface area contributed by atoms with Crippen LogP contribution in [-0.2, 0) is 14.4 Å². The second kappa shape index (κ2) is 3.55. The molecule has 0 saturated heterocycles. The number of nitrogens with one attached hydrogen (secondary N) is 1. The summed E-state index contributed by atoms with van der Waals surface area (Å²) in [6.45, 7) is 1.17. The molecule has 1 atom stereocenters. The molecule has 6 nitrogen and oxygen atoms in total. The third-order valence-electron chi connectivity index (χ3n) is 0.912. The average molecular weight is 163 g/mol. The molecule has 64 valence electrons. The fraction of sp³-hybridized carbons (Fsp3) is 0.400. The lowest BCUT2D eigenvalue weighted by atomic mass is 10.3. The van der Waals surface area contributed by atoms with E-state index in [2.05, 4.69) is 0 Å². The van der Waals surface area contributed by atoms with Crippen molar-refractivity contribution in [1.82, 2.24) is 5.32 Å². The van der Waals surface area contributed by atoms with Gasteiger partial charge < -0.3 is 15.5 Å². The Morgan fingerprint density at radius 2 is 1.82 bits per heavy atom. The molecule has 6 heteroatoms. The number of hydrogen-bond donors (Lipinski definition) is 3. The Morgan fingerprint density at radius 3 is 2.09 bits per heavy atom. The molecular formula is C5H9NO5. The predicted octanol–water partition coefficient (Wildman–Crippen LogP) is -1.09. The summed E-state index contributed by atoms with van der Waals surface area (Å²) in [6.07, 6.45) is 0. The van der Waals surface area contributed by atoms with Crippen LogP contribution in [0.1, 0.15) is 8.35 Å². The Bertz CT molecular complexity index is 204. The molecule has 0 aliphatic rings. The van der Waals surface area contributed by atoms with Crippen molar-refractivity contribution < 1.29 is 26.0 Å². The van der Waals surface area contributed by atoms with Crippen LogP contribution in [0.3, 0.4) is 0 Å². The van der Waals surface area contributed by atoms with Gasteiger partial charge >= 0.3 is 17.8 Å². The first kappa shape index (κ1) is 9.41. The highest BCUT2D eigenvalue weighted by Crippen LogP contribution is 1.80. The van der Waals surface area contributed by atoms with Crippen molar-refractivity contribution >= 4 is 17.8 Å². The SMILES string of the molecule is C[C@H](NC(=O)C(=O)O)C(=O)O.[HH]. The summed E-state index contributed by atoms with van der Waals surface area (Å²) < 4.78 is 0. The third kappa shape index (κ3) is 3.19. The van der Waals surface area contributed by atoms with E-state index < -0.39 is 23.9 Å². The maximum absolute atomic E-state index is 10.3. The molecule has 11 heavy (non-hydrogen) atoms. The number of amides is 1. The van der Waals surface area contributed by atoms with Gasteiger partial charge in [-0.2, -0.15) is 0 Å². The molecule has 0 aromatic rings.